The lowest BCUT2D eigenvalue weighted by molar-refractivity contribution is -0.119. The van der Waals surface area contributed by atoms with Gasteiger partial charge in [-0.05, 0) is 53.8 Å². The Morgan fingerprint density at radius 3 is 2.28 bits per heavy atom. The number of para-hydroxylation sites is 1. The van der Waals surface area contributed by atoms with Gasteiger partial charge in [0.1, 0.15) is 24.7 Å². The quantitative estimate of drug-likeness (QED) is 0.400. The van der Waals surface area contributed by atoms with Crippen LogP contribution in [0.4, 0.5) is 5.69 Å². The number of nitrogens with one attached hydrogen (secondary N) is 1. The lowest BCUT2D eigenvalue weighted by Crippen LogP contribution is -2.42. The monoisotopic (exact) mass is 510 g/mol. The van der Waals surface area contributed by atoms with Gasteiger partial charge < -0.3 is 14.8 Å². The number of carbonyl (C=O) groups excluding carboxylic acids is 1. The number of anilines is 1. The van der Waals surface area contributed by atoms with Gasteiger partial charge in [0.05, 0.1) is 24.2 Å². The van der Waals surface area contributed by atoms with E-state index < -0.39 is 22.5 Å². The normalized spacial score (nSPS) is 11.6. The van der Waals surface area contributed by atoms with E-state index in [1.54, 1.807) is 30.3 Å². The first-order chi connectivity index (χ1) is 17.0. The fourth-order valence-electron chi connectivity index (χ4n) is 3.76. The molecule has 0 atom stereocenters. The molecule has 0 saturated heterocycles. The minimum atomic E-state index is -4.03. The maximum atomic E-state index is 13.6. The molecule has 0 aliphatic carbocycles. The van der Waals surface area contributed by atoms with Crippen molar-refractivity contribution < 1.29 is 22.7 Å². The van der Waals surface area contributed by atoms with Crippen LogP contribution >= 0.6 is 0 Å². The zero-order chi connectivity index (χ0) is 26.3. The molecular formula is C28H34N2O5S. The zero-order valence-corrected chi connectivity index (χ0v) is 22.3. The number of carbonyl (C=O) groups is 1. The van der Waals surface area contributed by atoms with Crippen LogP contribution in [0, 0.1) is 6.92 Å². The van der Waals surface area contributed by atoms with Gasteiger partial charge in [-0.2, -0.15) is 0 Å². The summed E-state index contributed by atoms with van der Waals surface area (Å²) in [6.45, 7) is 8.24. The summed E-state index contributed by atoms with van der Waals surface area (Å²) in [5.74, 6) is 0.665. The maximum Gasteiger partial charge on any atom is 0.264 e. The van der Waals surface area contributed by atoms with Crippen LogP contribution in [0.2, 0.25) is 0 Å². The number of aryl methyl sites for hydroxylation is 1. The van der Waals surface area contributed by atoms with E-state index in [4.69, 9.17) is 9.47 Å². The second-order valence-corrected chi connectivity index (χ2v) is 11.3. The standard InChI is InChI=1S/C28H34N2O5S/c1-21-15-16-26(34-5)24(19-21)30(36(32,33)22-11-7-6-8-12-22)20-27(31)29-17-18-35-25-14-10-9-13-23(25)28(2,3)4/h6-16,19H,17-18,20H2,1-5H3,(H,29,31). The van der Waals surface area contributed by atoms with Gasteiger partial charge in [0.2, 0.25) is 5.91 Å². The minimum Gasteiger partial charge on any atom is -0.495 e. The van der Waals surface area contributed by atoms with Crippen molar-refractivity contribution in [3.63, 3.8) is 0 Å². The Morgan fingerprint density at radius 2 is 1.61 bits per heavy atom. The summed E-state index contributed by atoms with van der Waals surface area (Å²) in [5, 5.41) is 2.78. The molecule has 192 valence electrons. The van der Waals surface area contributed by atoms with Crippen LogP contribution in [-0.2, 0) is 20.2 Å². The molecule has 0 aliphatic heterocycles. The van der Waals surface area contributed by atoms with E-state index in [0.717, 1.165) is 21.2 Å². The molecule has 0 heterocycles. The molecule has 0 spiro atoms. The molecule has 0 saturated carbocycles. The molecule has 0 fully saturated rings. The van der Waals surface area contributed by atoms with Crippen LogP contribution in [-0.4, -0.2) is 41.1 Å². The summed E-state index contributed by atoms with van der Waals surface area (Å²) < 4.78 is 39.6. The van der Waals surface area contributed by atoms with E-state index in [9.17, 15) is 13.2 Å². The van der Waals surface area contributed by atoms with Crippen LogP contribution in [0.15, 0.2) is 77.7 Å². The molecule has 3 aromatic rings. The summed E-state index contributed by atoms with van der Waals surface area (Å²) in [7, 11) is -2.57. The third-order valence-electron chi connectivity index (χ3n) is 5.60. The molecule has 1 N–H and O–H groups in total. The fraction of sp³-hybridized carbons (Fsp3) is 0.321. The minimum absolute atomic E-state index is 0.0843. The van der Waals surface area contributed by atoms with Gasteiger partial charge in [-0.1, -0.05) is 63.2 Å². The molecule has 7 nitrogen and oxygen atoms in total. The third kappa shape index (κ3) is 6.57. The van der Waals surface area contributed by atoms with Gasteiger partial charge in [-0.15, -0.1) is 0 Å². The first kappa shape index (κ1) is 27.1. The fourth-order valence-corrected chi connectivity index (χ4v) is 5.21. The summed E-state index contributed by atoms with van der Waals surface area (Å²) in [6.07, 6.45) is 0. The largest absolute Gasteiger partial charge is 0.495 e. The van der Waals surface area contributed by atoms with Gasteiger partial charge in [0.15, 0.2) is 0 Å². The van der Waals surface area contributed by atoms with Crippen molar-refractivity contribution in [2.24, 2.45) is 0 Å². The highest BCUT2D eigenvalue weighted by Crippen LogP contribution is 2.33. The number of sulfonamides is 1. The van der Waals surface area contributed by atoms with Crippen LogP contribution in [0.5, 0.6) is 11.5 Å². The van der Waals surface area contributed by atoms with Crippen molar-refractivity contribution in [2.45, 2.75) is 38.0 Å². The van der Waals surface area contributed by atoms with Crippen LogP contribution in [0.25, 0.3) is 0 Å². The third-order valence-corrected chi connectivity index (χ3v) is 7.37. The highest BCUT2D eigenvalue weighted by molar-refractivity contribution is 7.92. The highest BCUT2D eigenvalue weighted by atomic mass is 32.2. The van der Waals surface area contributed by atoms with Crippen molar-refractivity contribution in [3.05, 3.63) is 83.9 Å². The van der Waals surface area contributed by atoms with E-state index in [0.29, 0.717) is 11.4 Å². The topological polar surface area (TPSA) is 84.9 Å². The summed E-state index contributed by atoms with van der Waals surface area (Å²) in [4.78, 5) is 13.0. The molecule has 0 bridgehead atoms. The van der Waals surface area contributed by atoms with Crippen LogP contribution < -0.4 is 19.1 Å². The number of rotatable bonds is 10. The van der Waals surface area contributed by atoms with Gasteiger partial charge in [0.25, 0.3) is 10.0 Å². The predicted octanol–water partition coefficient (Wildman–Crippen LogP) is 4.69. The van der Waals surface area contributed by atoms with E-state index in [1.807, 2.05) is 37.3 Å². The average molecular weight is 511 g/mol. The van der Waals surface area contributed by atoms with Crippen molar-refractivity contribution >= 4 is 21.6 Å². The van der Waals surface area contributed by atoms with Gasteiger partial charge in [-0.25, -0.2) is 8.42 Å². The molecule has 0 radical (unpaired) electrons. The molecule has 3 aromatic carbocycles. The second kappa shape index (κ2) is 11.5. The number of ether oxygens (including phenoxy) is 2. The molecule has 36 heavy (non-hydrogen) atoms. The van der Waals surface area contributed by atoms with Gasteiger partial charge in [-0.3, -0.25) is 9.10 Å². The molecule has 0 aromatic heterocycles. The summed E-state index contributed by atoms with van der Waals surface area (Å²) >= 11 is 0. The molecule has 1 amide bonds. The molecule has 0 unspecified atom stereocenters. The molecule has 8 heteroatoms. The maximum absolute atomic E-state index is 13.6. The molecule has 0 aliphatic rings. The lowest BCUT2D eigenvalue weighted by Gasteiger charge is -2.26. The predicted molar refractivity (Wildman–Crippen MR) is 142 cm³/mol. The summed E-state index contributed by atoms with van der Waals surface area (Å²) in [5.41, 5.74) is 2.12. The lowest BCUT2D eigenvalue weighted by atomic mass is 9.86. The van der Waals surface area contributed by atoms with Crippen molar-refractivity contribution in [1.82, 2.24) is 5.32 Å². The first-order valence-corrected chi connectivity index (χ1v) is 13.2. The first-order valence-electron chi connectivity index (χ1n) is 11.8. The Labute approximate surface area is 214 Å². The zero-order valence-electron chi connectivity index (χ0n) is 21.4. The number of nitrogens with zero attached hydrogens (tertiary/aromatic N) is 1. The Hall–Kier alpha value is -3.52. The average Bonchev–Trinajstić information content (AvgIpc) is 2.85. The number of hydrogen-bond donors (Lipinski definition) is 1. The Bertz CT molecular complexity index is 1280. The van der Waals surface area contributed by atoms with Crippen molar-refractivity contribution in [3.8, 4) is 11.5 Å². The Kier molecular flexibility index (Phi) is 8.63. The molecule has 3 rings (SSSR count). The number of methoxy groups -OCH3 is 1. The number of benzene rings is 3. The van der Waals surface area contributed by atoms with Crippen molar-refractivity contribution in [1.29, 1.82) is 0 Å². The smallest absolute Gasteiger partial charge is 0.264 e. The van der Waals surface area contributed by atoms with E-state index in [2.05, 4.69) is 26.1 Å². The SMILES string of the molecule is COc1ccc(C)cc1N(CC(=O)NCCOc1ccccc1C(C)(C)C)S(=O)(=O)c1ccccc1. The van der Waals surface area contributed by atoms with Gasteiger partial charge in [0, 0.05) is 0 Å². The van der Waals surface area contributed by atoms with E-state index in [-0.39, 0.29) is 23.5 Å². The summed E-state index contributed by atoms with van der Waals surface area (Å²) in [6, 6.07) is 21.0. The Balaban J connectivity index is 1.76. The molecular weight excluding hydrogens is 476 g/mol. The van der Waals surface area contributed by atoms with Crippen LogP contribution in [0.1, 0.15) is 31.9 Å². The van der Waals surface area contributed by atoms with Crippen LogP contribution in [0.3, 0.4) is 0 Å². The van der Waals surface area contributed by atoms with E-state index in [1.165, 1.54) is 19.2 Å². The van der Waals surface area contributed by atoms with Crippen molar-refractivity contribution in [2.75, 3.05) is 31.1 Å². The van der Waals surface area contributed by atoms with E-state index >= 15 is 0 Å². The number of amides is 1. The van der Waals surface area contributed by atoms with Gasteiger partial charge >= 0.3 is 0 Å². The highest BCUT2D eigenvalue weighted by Gasteiger charge is 2.29. The Morgan fingerprint density at radius 1 is 0.944 bits per heavy atom. The number of hydrogen-bond acceptors (Lipinski definition) is 5. The second-order valence-electron chi connectivity index (χ2n) is 9.44.